The van der Waals surface area contributed by atoms with Crippen molar-refractivity contribution in [3.63, 3.8) is 0 Å². The number of carbonyl (C=O) groups excluding carboxylic acids is 1. The summed E-state index contributed by atoms with van der Waals surface area (Å²) in [6.45, 7) is 4.43. The summed E-state index contributed by atoms with van der Waals surface area (Å²) in [5, 5.41) is 10.0. The third kappa shape index (κ3) is 1.27. The van der Waals surface area contributed by atoms with Gasteiger partial charge in [-0.1, -0.05) is 19.9 Å². The zero-order chi connectivity index (χ0) is 11.5. The van der Waals surface area contributed by atoms with Crippen molar-refractivity contribution in [3.8, 4) is 0 Å². The molecule has 3 rings (SSSR count). The molecule has 3 nitrogen and oxygen atoms in total. The predicted octanol–water partition coefficient (Wildman–Crippen LogP) is 1.66. The van der Waals surface area contributed by atoms with Crippen LogP contribution in [0.4, 0.5) is 0 Å². The molecule has 1 saturated carbocycles. The van der Waals surface area contributed by atoms with E-state index >= 15 is 0 Å². The number of aliphatic hydroxyl groups is 1. The van der Waals surface area contributed by atoms with Crippen LogP contribution in [-0.4, -0.2) is 23.3 Å². The van der Waals surface area contributed by atoms with Gasteiger partial charge < -0.3 is 9.84 Å². The Balaban J connectivity index is 1.98. The molecule has 16 heavy (non-hydrogen) atoms. The third-order valence-electron chi connectivity index (χ3n) is 4.47. The van der Waals surface area contributed by atoms with Crippen molar-refractivity contribution in [3.05, 3.63) is 11.6 Å². The minimum Gasteiger partial charge on any atom is -0.461 e. The summed E-state index contributed by atoms with van der Waals surface area (Å²) in [6.07, 6.45) is 4.11. The molecule has 0 unspecified atom stereocenters. The van der Waals surface area contributed by atoms with Crippen molar-refractivity contribution in [1.29, 1.82) is 0 Å². The Hall–Kier alpha value is -0.830. The van der Waals surface area contributed by atoms with Gasteiger partial charge in [-0.05, 0) is 23.8 Å². The SMILES string of the molecule is CC1(C)CC[C@H](O)C2=C[C@H]3CC(=O)O[C@H]3[C@@H]21. The topological polar surface area (TPSA) is 46.5 Å². The van der Waals surface area contributed by atoms with Gasteiger partial charge in [-0.3, -0.25) is 4.79 Å². The zero-order valence-electron chi connectivity index (χ0n) is 9.77. The van der Waals surface area contributed by atoms with E-state index in [1.54, 1.807) is 0 Å². The summed E-state index contributed by atoms with van der Waals surface area (Å²) in [7, 11) is 0. The van der Waals surface area contributed by atoms with Gasteiger partial charge in [-0.25, -0.2) is 0 Å². The first-order valence-corrected chi connectivity index (χ1v) is 6.08. The van der Waals surface area contributed by atoms with Crippen LogP contribution in [0.2, 0.25) is 0 Å². The maximum Gasteiger partial charge on any atom is 0.306 e. The maximum atomic E-state index is 11.3. The van der Waals surface area contributed by atoms with Gasteiger partial charge in [-0.15, -0.1) is 0 Å². The van der Waals surface area contributed by atoms with Gasteiger partial charge in [0, 0.05) is 11.8 Å². The van der Waals surface area contributed by atoms with Crippen LogP contribution in [-0.2, 0) is 9.53 Å². The molecule has 0 amide bonds. The smallest absolute Gasteiger partial charge is 0.306 e. The fraction of sp³-hybridized carbons (Fsp3) is 0.769. The molecule has 1 N–H and O–H groups in total. The Labute approximate surface area is 95.5 Å². The van der Waals surface area contributed by atoms with E-state index < -0.39 is 0 Å². The van der Waals surface area contributed by atoms with Crippen molar-refractivity contribution >= 4 is 5.97 Å². The second-order valence-electron chi connectivity index (χ2n) is 6.01. The molecule has 0 radical (unpaired) electrons. The highest BCUT2D eigenvalue weighted by Gasteiger charge is 2.54. The Morgan fingerprint density at radius 3 is 3.00 bits per heavy atom. The first kappa shape index (κ1) is 10.3. The largest absolute Gasteiger partial charge is 0.461 e. The minimum absolute atomic E-state index is 0.00699. The molecule has 1 aliphatic heterocycles. The summed E-state index contributed by atoms with van der Waals surface area (Å²) >= 11 is 0. The van der Waals surface area contributed by atoms with E-state index in [1.165, 1.54) is 0 Å². The summed E-state index contributed by atoms with van der Waals surface area (Å²) in [4.78, 5) is 11.3. The highest BCUT2D eigenvalue weighted by molar-refractivity contribution is 5.73. The Morgan fingerprint density at radius 1 is 1.50 bits per heavy atom. The van der Waals surface area contributed by atoms with Crippen LogP contribution in [0.3, 0.4) is 0 Å². The fourth-order valence-corrected chi connectivity index (χ4v) is 3.65. The number of rotatable bonds is 0. The Kier molecular flexibility index (Phi) is 2.00. The number of aliphatic hydroxyl groups excluding tert-OH is 1. The summed E-state index contributed by atoms with van der Waals surface area (Å²) in [5.41, 5.74) is 1.26. The fourth-order valence-electron chi connectivity index (χ4n) is 3.65. The molecular weight excluding hydrogens is 204 g/mol. The lowest BCUT2D eigenvalue weighted by atomic mass is 9.65. The van der Waals surface area contributed by atoms with Gasteiger partial charge in [0.05, 0.1) is 12.5 Å². The lowest BCUT2D eigenvalue weighted by molar-refractivity contribution is -0.144. The number of hydrogen-bond donors (Lipinski definition) is 1. The van der Waals surface area contributed by atoms with Crippen molar-refractivity contribution in [2.45, 2.75) is 45.3 Å². The maximum absolute atomic E-state index is 11.3. The molecule has 88 valence electrons. The number of esters is 1. The normalized spacial score (nSPS) is 44.7. The molecular formula is C13H18O3. The zero-order valence-corrected chi connectivity index (χ0v) is 9.77. The lowest BCUT2D eigenvalue weighted by Gasteiger charge is -2.42. The van der Waals surface area contributed by atoms with Crippen LogP contribution in [0.15, 0.2) is 11.6 Å². The van der Waals surface area contributed by atoms with Gasteiger partial charge in [0.2, 0.25) is 0 Å². The highest BCUT2D eigenvalue weighted by atomic mass is 16.6. The van der Waals surface area contributed by atoms with Crippen LogP contribution in [0.5, 0.6) is 0 Å². The van der Waals surface area contributed by atoms with E-state index in [1.807, 2.05) is 0 Å². The molecule has 2 fully saturated rings. The second-order valence-corrected chi connectivity index (χ2v) is 6.01. The molecule has 0 aromatic rings. The molecule has 0 aromatic heterocycles. The first-order chi connectivity index (χ1) is 7.49. The van der Waals surface area contributed by atoms with Crippen LogP contribution >= 0.6 is 0 Å². The highest BCUT2D eigenvalue weighted by Crippen LogP contribution is 2.54. The van der Waals surface area contributed by atoms with E-state index in [2.05, 4.69) is 19.9 Å². The van der Waals surface area contributed by atoms with Gasteiger partial charge in [0.25, 0.3) is 0 Å². The standard InChI is InChI=1S/C13H18O3/c1-13(2)4-3-9(14)8-5-7-6-10(15)16-12(7)11(8)13/h5,7,9,11-12,14H,3-4,6H2,1-2H3/t7-,9-,11+,12+/m0/s1. The van der Waals surface area contributed by atoms with E-state index in [4.69, 9.17) is 4.74 Å². The van der Waals surface area contributed by atoms with E-state index in [-0.39, 0.29) is 35.4 Å². The third-order valence-corrected chi connectivity index (χ3v) is 4.47. The van der Waals surface area contributed by atoms with Gasteiger partial charge >= 0.3 is 5.97 Å². The molecule has 1 saturated heterocycles. The average molecular weight is 222 g/mol. The van der Waals surface area contributed by atoms with Gasteiger partial charge in [0.1, 0.15) is 6.10 Å². The van der Waals surface area contributed by atoms with E-state index in [0.717, 1.165) is 18.4 Å². The summed E-state index contributed by atoms with van der Waals surface area (Å²) < 4.78 is 5.44. The molecule has 3 heteroatoms. The molecule has 0 bridgehead atoms. The predicted molar refractivity (Wildman–Crippen MR) is 58.6 cm³/mol. The first-order valence-electron chi connectivity index (χ1n) is 6.08. The number of carbonyl (C=O) groups is 1. The Bertz CT molecular complexity index is 369. The van der Waals surface area contributed by atoms with Crippen LogP contribution in [0, 0.1) is 17.3 Å². The molecule has 2 aliphatic carbocycles. The number of hydrogen-bond acceptors (Lipinski definition) is 3. The Morgan fingerprint density at radius 2 is 2.25 bits per heavy atom. The van der Waals surface area contributed by atoms with Crippen LogP contribution < -0.4 is 0 Å². The van der Waals surface area contributed by atoms with Crippen molar-refractivity contribution in [2.75, 3.05) is 0 Å². The van der Waals surface area contributed by atoms with Gasteiger partial charge in [-0.2, -0.15) is 0 Å². The van der Waals surface area contributed by atoms with Crippen molar-refractivity contribution in [2.24, 2.45) is 17.3 Å². The quantitative estimate of drug-likeness (QED) is 0.501. The van der Waals surface area contributed by atoms with Crippen LogP contribution in [0.25, 0.3) is 0 Å². The second kappa shape index (κ2) is 3.10. The molecule has 0 spiro atoms. The van der Waals surface area contributed by atoms with E-state index in [0.29, 0.717) is 6.42 Å². The van der Waals surface area contributed by atoms with Crippen LogP contribution in [0.1, 0.15) is 33.1 Å². The minimum atomic E-state index is -0.317. The summed E-state index contributed by atoms with van der Waals surface area (Å²) in [5.74, 6) is 0.355. The monoisotopic (exact) mass is 222 g/mol. The summed E-state index contributed by atoms with van der Waals surface area (Å²) in [6, 6.07) is 0. The average Bonchev–Trinajstić information content (AvgIpc) is 2.67. The molecule has 0 aromatic carbocycles. The number of ether oxygens (including phenoxy) is 1. The number of fused-ring (bicyclic) bond motifs is 3. The molecule has 4 atom stereocenters. The van der Waals surface area contributed by atoms with Gasteiger partial charge in [0.15, 0.2) is 0 Å². The van der Waals surface area contributed by atoms with Crippen molar-refractivity contribution in [1.82, 2.24) is 0 Å². The molecule has 3 aliphatic rings. The van der Waals surface area contributed by atoms with Crippen molar-refractivity contribution < 1.29 is 14.6 Å². The lowest BCUT2D eigenvalue weighted by Crippen LogP contribution is -2.41. The van der Waals surface area contributed by atoms with E-state index in [9.17, 15) is 9.90 Å². The molecule has 1 heterocycles.